The number of nitrogens with zero attached hydrogens (tertiary/aromatic N) is 6. The molecule has 105 heavy (non-hydrogen) atoms. The van der Waals surface area contributed by atoms with Gasteiger partial charge in [-0.05, 0) is 109 Å². The van der Waals surface area contributed by atoms with E-state index >= 15 is 0 Å². The lowest BCUT2D eigenvalue weighted by atomic mass is 10.1. The number of unbranched alkanes of at least 4 members (excludes halogenated alkanes) is 1. The summed E-state index contributed by atoms with van der Waals surface area (Å²) in [6.07, 6.45) is 5.51. The number of Topliss-reactive ketones (excluding diaryl/α,β-unsaturated/α-hetero) is 1. The smallest absolute Gasteiger partial charge is 0.414 e. The first-order valence-electron chi connectivity index (χ1n) is 34.6. The van der Waals surface area contributed by atoms with Gasteiger partial charge < -0.3 is 70.1 Å². The van der Waals surface area contributed by atoms with Crippen molar-refractivity contribution in [1.82, 2.24) is 40.9 Å². The van der Waals surface area contributed by atoms with Gasteiger partial charge in [-0.15, -0.1) is 0 Å². The number of fused-ring (bicyclic) bond motifs is 2. The van der Waals surface area contributed by atoms with Crippen LogP contribution < -0.4 is 60.6 Å². The monoisotopic (exact) mass is 1440 g/mol. The Morgan fingerprint density at radius 3 is 1.65 bits per heavy atom. The summed E-state index contributed by atoms with van der Waals surface area (Å²) in [7, 11) is 2.88. The van der Waals surface area contributed by atoms with Gasteiger partial charge in [0.15, 0.2) is 23.0 Å². The molecule has 9 aliphatic heterocycles. The third-order valence-corrected chi connectivity index (χ3v) is 18.6. The Hall–Kier alpha value is -11.6. The molecule has 0 aromatic heterocycles. The molecule has 1 unspecified atom stereocenters. The van der Waals surface area contributed by atoms with Gasteiger partial charge in [-0.3, -0.25) is 67.5 Å². The highest BCUT2D eigenvalue weighted by Crippen LogP contribution is 2.43. The summed E-state index contributed by atoms with van der Waals surface area (Å²) in [5.41, 5.74) is 5.11. The summed E-state index contributed by atoms with van der Waals surface area (Å²) in [6.45, 7) is 14.7. The van der Waals surface area contributed by atoms with Gasteiger partial charge in [-0.1, -0.05) is 54.1 Å². The molecule has 30 nitrogen and oxygen atoms in total. The zero-order valence-corrected chi connectivity index (χ0v) is 60.1. The predicted octanol–water partition coefficient (Wildman–Crippen LogP) is 5.66. The number of anilines is 4. The van der Waals surface area contributed by atoms with Crippen LogP contribution in [0.25, 0.3) is 0 Å². The zero-order chi connectivity index (χ0) is 75.5. The van der Waals surface area contributed by atoms with Crippen molar-refractivity contribution in [3.63, 3.8) is 0 Å². The standard InChI is InChI=1S/C75H88N12O18/c1-42-28-54-36-86-59-32-63(61(100-9)30-56(59)72(96)84(54)34-42)102-26-13-27-103-64-33-60-57(31-62(64)101-10)73(97)85-35-43(2)29-58(85)49(8)87(60)75(99)105-41-51-15-19-52(20-16-51)76-44(3)45(4)79-69(93)46(5)77-65(89)38-82(37-55(88)14-11-12-25-83-67(91)23-24-68(83)92)39-66(90)78-47(6)70(94)80-48(7)71(95)81-53-21-17-50(18-22-53)40-104-74(86)98/h15-24,28-33,45-49,54,58,76H,3,11-14,25-27,34-41H2,1-2,4-10H3,(H,77,89)(H,78,90)(H,79,93)(H,80,94)(H,81,95)/t45-,46-,47-,48-,49?,54-,58-/m0/s1. The van der Waals surface area contributed by atoms with E-state index in [9.17, 15) is 57.5 Å². The van der Waals surface area contributed by atoms with E-state index < -0.39 is 115 Å². The Labute approximate surface area is 607 Å². The Balaban J connectivity index is 0.874. The topological polar surface area (TPSA) is 352 Å². The number of carbonyl (C=O) groups excluding carboxylic acids is 12. The third kappa shape index (κ3) is 18.4. The maximum atomic E-state index is 14.6. The Morgan fingerprint density at radius 2 is 1.07 bits per heavy atom. The van der Waals surface area contributed by atoms with Crippen LogP contribution in [-0.4, -0.2) is 206 Å². The maximum absolute atomic E-state index is 14.6. The molecular formula is C75H88N12O18. The molecule has 0 aliphatic carbocycles. The van der Waals surface area contributed by atoms with E-state index in [1.165, 1.54) is 55.8 Å². The lowest BCUT2D eigenvalue weighted by Crippen LogP contribution is -2.53. The Kier molecular flexibility index (Phi) is 24.4. The highest BCUT2D eigenvalue weighted by molar-refractivity contribution is 6.13. The van der Waals surface area contributed by atoms with Crippen LogP contribution in [0.4, 0.5) is 32.3 Å². The number of carbonyl (C=O) groups is 12. The van der Waals surface area contributed by atoms with Crippen molar-refractivity contribution in [2.75, 3.05) is 93.7 Å². The maximum Gasteiger partial charge on any atom is 0.414 e. The molecule has 0 fully saturated rings. The average Bonchev–Trinajstić information content (AvgIpc) is 1.77. The van der Waals surface area contributed by atoms with Crippen molar-refractivity contribution in [3.8, 4) is 23.0 Å². The lowest BCUT2D eigenvalue weighted by molar-refractivity contribution is -0.137. The molecular weight excluding hydrogens is 1360 g/mol. The summed E-state index contributed by atoms with van der Waals surface area (Å²) in [5, 5.41) is 16.4. The van der Waals surface area contributed by atoms with Crippen LogP contribution >= 0.6 is 0 Å². The van der Waals surface area contributed by atoms with E-state index in [4.69, 9.17) is 28.4 Å². The van der Waals surface area contributed by atoms with Crippen molar-refractivity contribution in [2.45, 2.75) is 130 Å². The molecule has 8 bridgehead atoms. The van der Waals surface area contributed by atoms with E-state index in [0.717, 1.165) is 28.2 Å². The molecule has 0 saturated carbocycles. The molecule has 0 spiro atoms. The minimum absolute atomic E-state index is 0.0358. The van der Waals surface area contributed by atoms with Crippen LogP contribution in [-0.2, 0) is 61.0 Å². The van der Waals surface area contributed by atoms with Crippen molar-refractivity contribution in [3.05, 3.63) is 143 Å². The number of ether oxygens (including phenoxy) is 6. The van der Waals surface area contributed by atoms with E-state index in [1.54, 1.807) is 83.5 Å². The van der Waals surface area contributed by atoms with Crippen molar-refractivity contribution >= 4 is 93.9 Å². The number of nitrogens with one attached hydrogen (secondary N) is 6. The van der Waals surface area contributed by atoms with Crippen molar-refractivity contribution in [2.24, 2.45) is 0 Å². The van der Waals surface area contributed by atoms with E-state index in [0.29, 0.717) is 47.7 Å². The fourth-order valence-corrected chi connectivity index (χ4v) is 12.9. The van der Waals surface area contributed by atoms with E-state index in [1.807, 2.05) is 32.9 Å². The fourth-order valence-electron chi connectivity index (χ4n) is 12.9. The average molecular weight is 1450 g/mol. The highest BCUT2D eigenvalue weighted by Gasteiger charge is 2.44. The minimum atomic E-state index is -1.22. The molecule has 11 amide bonds. The van der Waals surface area contributed by atoms with Gasteiger partial charge in [0, 0.05) is 73.8 Å². The van der Waals surface area contributed by atoms with E-state index in [-0.39, 0.29) is 122 Å². The van der Waals surface area contributed by atoms with Gasteiger partial charge in [-0.25, -0.2) is 9.59 Å². The molecule has 9 aliphatic rings. The Bertz CT molecular complexity index is 4180. The second kappa shape index (κ2) is 33.7. The van der Waals surface area contributed by atoms with Crippen LogP contribution in [0.2, 0.25) is 0 Å². The normalized spacial score (nSPS) is 23.0. The molecule has 0 radical (unpaired) electrons. The number of imide groups is 1. The predicted molar refractivity (Wildman–Crippen MR) is 384 cm³/mol. The second-order valence-corrected chi connectivity index (χ2v) is 26.7. The number of hydrogen-bond donors (Lipinski definition) is 6. The van der Waals surface area contributed by atoms with Gasteiger partial charge in [0.25, 0.3) is 23.6 Å². The van der Waals surface area contributed by atoms with Gasteiger partial charge in [0.2, 0.25) is 29.5 Å². The van der Waals surface area contributed by atoms with Crippen molar-refractivity contribution in [1.29, 1.82) is 0 Å². The zero-order valence-electron chi connectivity index (χ0n) is 60.1. The molecule has 13 rings (SSSR count). The Morgan fingerprint density at radius 1 is 0.562 bits per heavy atom. The first-order valence-corrected chi connectivity index (χ1v) is 34.6. The van der Waals surface area contributed by atoms with Crippen LogP contribution in [0.5, 0.6) is 23.0 Å². The van der Waals surface area contributed by atoms with Crippen LogP contribution in [0.3, 0.4) is 0 Å². The molecule has 6 N–H and O–H groups in total. The highest BCUT2D eigenvalue weighted by atomic mass is 16.6. The number of hydrogen-bond acceptors (Lipinski definition) is 20. The lowest BCUT2D eigenvalue weighted by Gasteiger charge is -2.32. The minimum Gasteiger partial charge on any atom is -0.493 e. The molecule has 7 atom stereocenters. The van der Waals surface area contributed by atoms with Crippen LogP contribution in [0.15, 0.2) is 121 Å². The van der Waals surface area contributed by atoms with Crippen LogP contribution in [0, 0.1) is 0 Å². The second-order valence-electron chi connectivity index (χ2n) is 26.7. The molecule has 556 valence electrons. The third-order valence-electron chi connectivity index (χ3n) is 18.6. The number of ketones is 1. The summed E-state index contributed by atoms with van der Waals surface area (Å²) >= 11 is 0. The van der Waals surface area contributed by atoms with E-state index in [2.05, 4.69) is 38.5 Å². The molecule has 4 aromatic carbocycles. The number of benzene rings is 4. The quantitative estimate of drug-likeness (QED) is 0.0669. The largest absolute Gasteiger partial charge is 0.493 e. The fraction of sp³-hybridized carbons (Fsp3) is 0.413. The summed E-state index contributed by atoms with van der Waals surface area (Å²) in [6, 6.07) is 13.7. The molecule has 4 aromatic rings. The summed E-state index contributed by atoms with van der Waals surface area (Å²) < 4.78 is 36.2. The number of rotatable bonds is 9. The summed E-state index contributed by atoms with van der Waals surface area (Å²) in [5.74, 6) is -4.53. The molecule has 0 saturated heterocycles. The first-order chi connectivity index (χ1) is 50.2. The van der Waals surface area contributed by atoms with Gasteiger partial charge in [0.1, 0.15) is 37.1 Å². The molecule has 9 heterocycles. The first kappa shape index (κ1) is 76.1. The SMILES string of the molecule is C=C1Nc2ccc(cc2)COC(=O)N2c3cc(c(OC)cc3C(=O)N3CC(C)=C[C@H]3C2C)OCCCOc2cc3c(cc2OC)C(=O)N2CC(C)=C[C@H]2CN3C(=O)OCc2ccc(cc2)NC(=O)[C@H](C)NC(=O)[C@H](C)NC(=O)CN(CC(=O)CCCCN2C(=O)C=CC2=O)CC(=O)N[C@@H](C)C(=O)N[C@H]1C. The van der Waals surface area contributed by atoms with Gasteiger partial charge >= 0.3 is 12.2 Å². The number of methoxy groups -OCH3 is 2. The number of amides is 11. The molecule has 30 heteroatoms. The van der Waals surface area contributed by atoms with Crippen molar-refractivity contribution < 1.29 is 86.0 Å². The van der Waals surface area contributed by atoms with Crippen LogP contribution in [0.1, 0.15) is 106 Å². The van der Waals surface area contributed by atoms with Gasteiger partial charge in [0.05, 0.1) is 100 Å². The summed E-state index contributed by atoms with van der Waals surface area (Å²) in [4.78, 5) is 172. The van der Waals surface area contributed by atoms with Gasteiger partial charge in [-0.2, -0.15) is 0 Å².